The van der Waals surface area contributed by atoms with Crippen molar-refractivity contribution in [2.75, 3.05) is 5.32 Å². The molecule has 5 heteroatoms. The lowest BCUT2D eigenvalue weighted by Crippen LogP contribution is -2.13. The Bertz CT molecular complexity index is 967. The number of pyridine rings is 1. The smallest absolute Gasteiger partial charge is 0.255 e. The summed E-state index contributed by atoms with van der Waals surface area (Å²) in [5, 5.41) is 12.8. The van der Waals surface area contributed by atoms with Crippen LogP contribution in [0.25, 0.3) is 10.8 Å². The topological polar surface area (TPSA) is 85.8 Å². The van der Waals surface area contributed by atoms with Crippen molar-refractivity contribution in [3.05, 3.63) is 76.2 Å². The number of aromatic nitrogens is 1. The average Bonchev–Trinajstić information content (AvgIpc) is 2.56. The Labute approximate surface area is 125 Å². The molecule has 0 aliphatic carbocycles. The van der Waals surface area contributed by atoms with Crippen molar-refractivity contribution in [1.82, 2.24) is 4.98 Å². The third kappa shape index (κ3) is 2.45. The van der Waals surface area contributed by atoms with Gasteiger partial charge in [-0.2, -0.15) is 5.26 Å². The van der Waals surface area contributed by atoms with Gasteiger partial charge >= 0.3 is 0 Å². The van der Waals surface area contributed by atoms with Gasteiger partial charge in [-0.25, -0.2) is 0 Å². The van der Waals surface area contributed by atoms with Crippen molar-refractivity contribution in [1.29, 1.82) is 5.26 Å². The standard InChI is InChI=1S/C17H11N3O2/c18-10-11-3-1-4-12(9-11)16(21)20-15-6-2-5-14-13(15)7-8-19-17(14)22/h1-9H,(H,19,22)(H,20,21). The highest BCUT2D eigenvalue weighted by molar-refractivity contribution is 6.09. The van der Waals surface area contributed by atoms with Crippen LogP contribution in [0.3, 0.4) is 0 Å². The number of nitriles is 1. The van der Waals surface area contributed by atoms with Gasteiger partial charge in [0.2, 0.25) is 0 Å². The van der Waals surface area contributed by atoms with E-state index in [1.165, 1.54) is 12.3 Å². The quantitative estimate of drug-likeness (QED) is 0.760. The Morgan fingerprint density at radius 2 is 1.91 bits per heavy atom. The summed E-state index contributed by atoms with van der Waals surface area (Å²) in [6.45, 7) is 0. The summed E-state index contributed by atoms with van der Waals surface area (Å²) in [7, 11) is 0. The van der Waals surface area contributed by atoms with E-state index in [1.807, 2.05) is 6.07 Å². The number of fused-ring (bicyclic) bond motifs is 1. The van der Waals surface area contributed by atoms with Gasteiger partial charge < -0.3 is 10.3 Å². The minimum atomic E-state index is -0.329. The molecule has 1 aromatic heterocycles. The molecule has 1 heterocycles. The minimum Gasteiger partial charge on any atom is -0.329 e. The number of hydrogen-bond donors (Lipinski definition) is 2. The van der Waals surface area contributed by atoms with Crippen molar-refractivity contribution in [2.45, 2.75) is 0 Å². The van der Waals surface area contributed by atoms with Crippen LogP contribution in [0.5, 0.6) is 0 Å². The molecule has 0 atom stereocenters. The number of amides is 1. The number of aromatic amines is 1. The SMILES string of the molecule is N#Cc1cccc(C(=O)Nc2cccc3c(=O)[nH]ccc23)c1. The van der Waals surface area contributed by atoms with Crippen LogP contribution in [-0.4, -0.2) is 10.9 Å². The van der Waals surface area contributed by atoms with Gasteiger partial charge in [-0.1, -0.05) is 12.1 Å². The number of H-pyrrole nitrogens is 1. The second-order valence-corrected chi connectivity index (χ2v) is 4.72. The molecule has 22 heavy (non-hydrogen) atoms. The lowest BCUT2D eigenvalue weighted by Gasteiger charge is -2.08. The highest BCUT2D eigenvalue weighted by atomic mass is 16.1. The van der Waals surface area contributed by atoms with E-state index in [1.54, 1.807) is 42.5 Å². The van der Waals surface area contributed by atoms with Gasteiger partial charge in [0.05, 0.1) is 11.6 Å². The van der Waals surface area contributed by atoms with Crippen molar-refractivity contribution >= 4 is 22.4 Å². The fourth-order valence-corrected chi connectivity index (χ4v) is 2.25. The fraction of sp³-hybridized carbons (Fsp3) is 0. The first-order chi connectivity index (χ1) is 10.7. The van der Waals surface area contributed by atoms with Gasteiger partial charge in [0.15, 0.2) is 0 Å². The molecule has 106 valence electrons. The first-order valence-electron chi connectivity index (χ1n) is 6.61. The zero-order valence-corrected chi connectivity index (χ0v) is 11.5. The number of hydrogen-bond acceptors (Lipinski definition) is 3. The number of rotatable bonds is 2. The average molecular weight is 289 g/mol. The third-order valence-corrected chi connectivity index (χ3v) is 3.32. The first kappa shape index (κ1) is 13.6. The monoisotopic (exact) mass is 289 g/mol. The van der Waals surface area contributed by atoms with Crippen molar-refractivity contribution in [3.63, 3.8) is 0 Å². The number of carbonyl (C=O) groups excluding carboxylic acids is 1. The number of nitrogens with zero attached hydrogens (tertiary/aromatic N) is 1. The van der Waals surface area contributed by atoms with E-state index in [0.29, 0.717) is 27.6 Å². The third-order valence-electron chi connectivity index (χ3n) is 3.32. The van der Waals surface area contributed by atoms with Gasteiger partial charge in [-0.15, -0.1) is 0 Å². The zero-order chi connectivity index (χ0) is 15.5. The van der Waals surface area contributed by atoms with Crippen LogP contribution in [0.15, 0.2) is 59.5 Å². The van der Waals surface area contributed by atoms with Gasteiger partial charge in [0, 0.05) is 28.2 Å². The van der Waals surface area contributed by atoms with Gasteiger partial charge in [-0.05, 0) is 36.4 Å². The van der Waals surface area contributed by atoms with Crippen molar-refractivity contribution in [3.8, 4) is 6.07 Å². The molecular formula is C17H11N3O2. The molecule has 2 aromatic carbocycles. The van der Waals surface area contributed by atoms with Crippen LogP contribution in [0.1, 0.15) is 15.9 Å². The molecule has 0 spiro atoms. The van der Waals surface area contributed by atoms with E-state index in [0.717, 1.165) is 0 Å². The molecule has 0 aliphatic heterocycles. The second kappa shape index (κ2) is 5.54. The summed E-state index contributed by atoms with van der Waals surface area (Å²) in [5.41, 5.74) is 1.15. The summed E-state index contributed by atoms with van der Waals surface area (Å²) in [6.07, 6.45) is 1.54. The number of nitrogens with one attached hydrogen (secondary N) is 2. The Balaban J connectivity index is 2.00. The van der Waals surface area contributed by atoms with E-state index >= 15 is 0 Å². The van der Waals surface area contributed by atoms with Crippen molar-refractivity contribution in [2.24, 2.45) is 0 Å². The van der Waals surface area contributed by atoms with Crippen LogP contribution in [0.2, 0.25) is 0 Å². The van der Waals surface area contributed by atoms with Crippen LogP contribution in [0.4, 0.5) is 5.69 Å². The second-order valence-electron chi connectivity index (χ2n) is 4.72. The molecule has 1 amide bonds. The fourth-order valence-electron chi connectivity index (χ4n) is 2.25. The Hall–Kier alpha value is -3.39. The maximum absolute atomic E-state index is 12.3. The van der Waals surface area contributed by atoms with Crippen LogP contribution in [0, 0.1) is 11.3 Å². The predicted molar refractivity (Wildman–Crippen MR) is 83.7 cm³/mol. The molecule has 0 fully saturated rings. The van der Waals surface area contributed by atoms with Gasteiger partial charge in [0.25, 0.3) is 11.5 Å². The number of carbonyl (C=O) groups is 1. The maximum atomic E-state index is 12.3. The molecule has 0 aliphatic rings. The lowest BCUT2D eigenvalue weighted by atomic mass is 10.1. The molecule has 0 bridgehead atoms. The van der Waals surface area contributed by atoms with Gasteiger partial charge in [0.1, 0.15) is 0 Å². The highest BCUT2D eigenvalue weighted by Crippen LogP contribution is 2.21. The van der Waals surface area contributed by atoms with E-state index < -0.39 is 0 Å². The molecule has 2 N–H and O–H groups in total. The predicted octanol–water partition coefficient (Wildman–Crippen LogP) is 2.65. The summed E-state index contributed by atoms with van der Waals surface area (Å²) in [4.78, 5) is 26.7. The molecule has 0 radical (unpaired) electrons. The summed E-state index contributed by atoms with van der Waals surface area (Å²) < 4.78 is 0. The van der Waals surface area contributed by atoms with E-state index in [-0.39, 0.29) is 11.5 Å². The van der Waals surface area contributed by atoms with E-state index in [2.05, 4.69) is 10.3 Å². The van der Waals surface area contributed by atoms with E-state index in [4.69, 9.17) is 5.26 Å². The van der Waals surface area contributed by atoms with Crippen LogP contribution in [-0.2, 0) is 0 Å². The largest absolute Gasteiger partial charge is 0.329 e. The molecule has 0 saturated heterocycles. The molecule has 0 unspecified atom stereocenters. The minimum absolute atomic E-state index is 0.208. The molecule has 5 nitrogen and oxygen atoms in total. The first-order valence-corrected chi connectivity index (χ1v) is 6.61. The molecule has 0 saturated carbocycles. The van der Waals surface area contributed by atoms with Gasteiger partial charge in [-0.3, -0.25) is 9.59 Å². The molecule has 3 rings (SSSR count). The van der Waals surface area contributed by atoms with Crippen molar-refractivity contribution < 1.29 is 4.79 Å². The maximum Gasteiger partial charge on any atom is 0.255 e. The zero-order valence-electron chi connectivity index (χ0n) is 11.5. The number of benzene rings is 2. The Morgan fingerprint density at radius 1 is 1.09 bits per heavy atom. The molecular weight excluding hydrogens is 278 g/mol. The lowest BCUT2D eigenvalue weighted by molar-refractivity contribution is 0.102. The summed E-state index contributed by atoms with van der Waals surface area (Å²) >= 11 is 0. The Kier molecular flexibility index (Phi) is 3.42. The van der Waals surface area contributed by atoms with Crippen LogP contribution >= 0.6 is 0 Å². The van der Waals surface area contributed by atoms with E-state index in [9.17, 15) is 9.59 Å². The summed E-state index contributed by atoms with van der Waals surface area (Å²) in [6, 6.07) is 15.3. The Morgan fingerprint density at radius 3 is 2.73 bits per heavy atom. The number of anilines is 1. The molecule has 3 aromatic rings. The normalized spacial score (nSPS) is 10.1. The van der Waals surface area contributed by atoms with Crippen LogP contribution < -0.4 is 10.9 Å². The summed E-state index contributed by atoms with van der Waals surface area (Å²) in [5.74, 6) is -0.329. The highest BCUT2D eigenvalue weighted by Gasteiger charge is 2.09.